The van der Waals surface area contributed by atoms with Gasteiger partial charge < -0.3 is 4.57 Å². The van der Waals surface area contributed by atoms with Gasteiger partial charge in [-0.3, -0.25) is 0 Å². The minimum Gasteiger partial charge on any atom is -0.334 e. The largest absolute Gasteiger partial charge is 0.334 e. The van der Waals surface area contributed by atoms with Crippen LogP contribution in [0, 0.1) is 11.3 Å². The lowest BCUT2D eigenvalue weighted by atomic mass is 10.3. The summed E-state index contributed by atoms with van der Waals surface area (Å²) in [6.45, 7) is 2.90. The Morgan fingerprint density at radius 1 is 1.67 bits per heavy atom. The van der Waals surface area contributed by atoms with Crippen molar-refractivity contribution >= 4 is 0 Å². The van der Waals surface area contributed by atoms with Crippen molar-refractivity contribution in [2.24, 2.45) is 0 Å². The number of aryl methyl sites for hydroxylation is 2. The normalized spacial score (nSPS) is 9.67. The molecule has 64 valence electrons. The van der Waals surface area contributed by atoms with Gasteiger partial charge in [0, 0.05) is 25.4 Å². The smallest absolute Gasteiger partial charge is 0.108 e. The van der Waals surface area contributed by atoms with Crippen molar-refractivity contribution in [2.45, 2.75) is 32.7 Å². The molecule has 3 nitrogen and oxygen atoms in total. The molecule has 12 heavy (non-hydrogen) atoms. The molecule has 0 fully saturated rings. The van der Waals surface area contributed by atoms with E-state index in [2.05, 4.69) is 18.0 Å². The maximum absolute atomic E-state index is 8.40. The Morgan fingerprint density at radius 3 is 3.17 bits per heavy atom. The monoisotopic (exact) mass is 163 g/mol. The van der Waals surface area contributed by atoms with Gasteiger partial charge in [0.2, 0.25) is 0 Å². The molecule has 0 unspecified atom stereocenters. The highest BCUT2D eigenvalue weighted by atomic mass is 15.1. The zero-order valence-corrected chi connectivity index (χ0v) is 7.32. The first kappa shape index (κ1) is 8.79. The zero-order chi connectivity index (χ0) is 8.81. The summed E-state index contributed by atoms with van der Waals surface area (Å²) < 4.78 is 2.05. The van der Waals surface area contributed by atoms with Crippen molar-refractivity contribution in [3.05, 3.63) is 18.2 Å². The van der Waals surface area contributed by atoms with E-state index in [1.807, 2.05) is 10.8 Å². The molecule has 0 aliphatic rings. The molecule has 1 heterocycles. The number of nitriles is 1. The first-order valence-corrected chi connectivity index (χ1v) is 4.25. The van der Waals surface area contributed by atoms with Crippen LogP contribution in [0.25, 0.3) is 0 Å². The number of aromatic nitrogens is 2. The van der Waals surface area contributed by atoms with Gasteiger partial charge in [-0.05, 0) is 6.42 Å². The van der Waals surface area contributed by atoms with Gasteiger partial charge in [0.1, 0.15) is 5.82 Å². The number of hydrogen-bond donors (Lipinski definition) is 0. The lowest BCUT2D eigenvalue weighted by Crippen LogP contribution is -2.02. The van der Waals surface area contributed by atoms with Crippen LogP contribution in [0.4, 0.5) is 0 Å². The molecule has 1 aromatic heterocycles. The SMILES string of the molecule is CCCc1nccn1CCC#N. The van der Waals surface area contributed by atoms with Crippen molar-refractivity contribution < 1.29 is 0 Å². The molecule has 0 radical (unpaired) electrons. The van der Waals surface area contributed by atoms with Crippen molar-refractivity contribution in [1.29, 1.82) is 5.26 Å². The second-order valence-corrected chi connectivity index (χ2v) is 2.69. The fourth-order valence-electron chi connectivity index (χ4n) is 1.17. The highest BCUT2D eigenvalue weighted by Gasteiger charge is 1.99. The second kappa shape index (κ2) is 4.55. The average molecular weight is 163 g/mol. The molecule has 1 rings (SSSR count). The number of rotatable bonds is 4. The van der Waals surface area contributed by atoms with Gasteiger partial charge in [0.05, 0.1) is 12.5 Å². The molecule has 0 bridgehead atoms. The van der Waals surface area contributed by atoms with Crippen LogP contribution in [0.3, 0.4) is 0 Å². The summed E-state index contributed by atoms with van der Waals surface area (Å²) in [6, 6.07) is 2.13. The quantitative estimate of drug-likeness (QED) is 0.678. The molecule has 3 heteroatoms. The highest BCUT2D eigenvalue weighted by Crippen LogP contribution is 2.01. The maximum Gasteiger partial charge on any atom is 0.108 e. The first-order chi connectivity index (χ1) is 5.88. The third kappa shape index (κ3) is 2.09. The van der Waals surface area contributed by atoms with Gasteiger partial charge in [0.25, 0.3) is 0 Å². The summed E-state index contributed by atoms with van der Waals surface area (Å²) in [4.78, 5) is 4.21. The van der Waals surface area contributed by atoms with Crippen LogP contribution in [0.1, 0.15) is 25.6 Å². The third-order valence-electron chi connectivity index (χ3n) is 1.74. The molecule has 0 aliphatic carbocycles. The lowest BCUT2D eigenvalue weighted by molar-refractivity contribution is 0.655. The molecule has 0 saturated heterocycles. The first-order valence-electron chi connectivity index (χ1n) is 4.25. The summed E-state index contributed by atoms with van der Waals surface area (Å²) in [7, 11) is 0. The zero-order valence-electron chi connectivity index (χ0n) is 7.32. The van der Waals surface area contributed by atoms with Crippen LogP contribution in [0.2, 0.25) is 0 Å². The van der Waals surface area contributed by atoms with E-state index in [0.29, 0.717) is 6.42 Å². The number of nitrogens with zero attached hydrogens (tertiary/aromatic N) is 3. The summed E-state index contributed by atoms with van der Waals surface area (Å²) in [5, 5.41) is 8.40. The lowest BCUT2D eigenvalue weighted by Gasteiger charge is -2.02. The number of hydrogen-bond acceptors (Lipinski definition) is 2. The summed E-state index contributed by atoms with van der Waals surface area (Å²) in [5.74, 6) is 1.09. The van der Waals surface area contributed by atoms with E-state index in [4.69, 9.17) is 5.26 Å². The van der Waals surface area contributed by atoms with E-state index in [1.165, 1.54) is 0 Å². The van der Waals surface area contributed by atoms with Crippen molar-refractivity contribution in [2.75, 3.05) is 0 Å². The second-order valence-electron chi connectivity index (χ2n) is 2.69. The van der Waals surface area contributed by atoms with Crippen molar-refractivity contribution in [3.8, 4) is 6.07 Å². The summed E-state index contributed by atoms with van der Waals surface area (Å²) in [6.07, 6.45) is 6.39. The third-order valence-corrected chi connectivity index (χ3v) is 1.74. The van der Waals surface area contributed by atoms with Crippen LogP contribution in [0.5, 0.6) is 0 Å². The predicted molar refractivity (Wildman–Crippen MR) is 46.5 cm³/mol. The maximum atomic E-state index is 8.40. The Hall–Kier alpha value is -1.30. The summed E-state index contributed by atoms with van der Waals surface area (Å²) in [5.41, 5.74) is 0. The molecule has 0 N–H and O–H groups in total. The minimum atomic E-state index is 0.563. The topological polar surface area (TPSA) is 41.6 Å². The van der Waals surface area contributed by atoms with E-state index in [-0.39, 0.29) is 0 Å². The Kier molecular flexibility index (Phi) is 3.34. The molecular formula is C9H13N3. The van der Waals surface area contributed by atoms with Gasteiger partial charge >= 0.3 is 0 Å². The predicted octanol–water partition coefficient (Wildman–Crippen LogP) is 1.75. The molecule has 0 aliphatic heterocycles. The van der Waals surface area contributed by atoms with Gasteiger partial charge in [-0.2, -0.15) is 5.26 Å². The van der Waals surface area contributed by atoms with E-state index < -0.39 is 0 Å². The van der Waals surface area contributed by atoms with Crippen molar-refractivity contribution in [1.82, 2.24) is 9.55 Å². The highest BCUT2D eigenvalue weighted by molar-refractivity contribution is 4.93. The van der Waals surface area contributed by atoms with Gasteiger partial charge in [-0.15, -0.1) is 0 Å². The van der Waals surface area contributed by atoms with Crippen LogP contribution < -0.4 is 0 Å². The summed E-state index contributed by atoms with van der Waals surface area (Å²) >= 11 is 0. The van der Waals surface area contributed by atoms with Crippen LogP contribution >= 0.6 is 0 Å². The molecule has 0 spiro atoms. The van der Waals surface area contributed by atoms with Crippen LogP contribution in [-0.4, -0.2) is 9.55 Å². The molecular weight excluding hydrogens is 150 g/mol. The molecule has 0 saturated carbocycles. The molecule has 0 aromatic carbocycles. The Bertz CT molecular complexity index is 270. The van der Waals surface area contributed by atoms with E-state index in [1.54, 1.807) is 6.20 Å². The van der Waals surface area contributed by atoms with Crippen molar-refractivity contribution in [3.63, 3.8) is 0 Å². The average Bonchev–Trinajstić information content (AvgIpc) is 2.50. The van der Waals surface area contributed by atoms with Gasteiger partial charge in [-0.1, -0.05) is 6.92 Å². The Balaban J connectivity index is 2.58. The fraction of sp³-hybridized carbons (Fsp3) is 0.556. The van der Waals surface area contributed by atoms with Gasteiger partial charge in [-0.25, -0.2) is 4.98 Å². The number of imidazole rings is 1. The van der Waals surface area contributed by atoms with Crippen LogP contribution in [0.15, 0.2) is 12.4 Å². The van der Waals surface area contributed by atoms with E-state index in [0.717, 1.165) is 25.2 Å². The Morgan fingerprint density at radius 2 is 2.50 bits per heavy atom. The standard InChI is InChI=1S/C9H13N3/c1-2-4-9-11-6-8-12(9)7-3-5-10/h6,8H,2-4,7H2,1H3. The van der Waals surface area contributed by atoms with Crippen LogP contribution in [-0.2, 0) is 13.0 Å². The molecule has 1 aromatic rings. The molecule has 0 atom stereocenters. The van der Waals surface area contributed by atoms with E-state index in [9.17, 15) is 0 Å². The Labute approximate surface area is 72.7 Å². The molecule has 0 amide bonds. The minimum absolute atomic E-state index is 0.563. The van der Waals surface area contributed by atoms with E-state index >= 15 is 0 Å². The fourth-order valence-corrected chi connectivity index (χ4v) is 1.17. The van der Waals surface area contributed by atoms with Gasteiger partial charge in [0.15, 0.2) is 0 Å².